The Balaban J connectivity index is 0.00000180. The molecule has 0 unspecified atom stereocenters. The summed E-state index contributed by atoms with van der Waals surface area (Å²) in [5.41, 5.74) is 1.31. The Kier molecular flexibility index (Phi) is 6.30. The fourth-order valence-electron chi connectivity index (χ4n) is 2.36. The van der Waals surface area contributed by atoms with E-state index in [1.807, 2.05) is 6.07 Å². The van der Waals surface area contributed by atoms with Crippen LogP contribution in [0.25, 0.3) is 0 Å². The summed E-state index contributed by atoms with van der Waals surface area (Å²) in [6.07, 6.45) is 2.41. The predicted octanol–water partition coefficient (Wildman–Crippen LogP) is 3.80. The first kappa shape index (κ1) is 16.5. The lowest BCUT2D eigenvalue weighted by atomic mass is 9.98. The quantitative estimate of drug-likeness (QED) is 0.903. The Hall–Kier alpha value is -0.580. The molecule has 0 atom stereocenters. The van der Waals surface area contributed by atoms with Gasteiger partial charge in [-0.3, -0.25) is 4.90 Å². The third kappa shape index (κ3) is 4.48. The third-order valence-corrected chi connectivity index (χ3v) is 4.06. The zero-order valence-corrected chi connectivity index (χ0v) is 13.3. The predicted molar refractivity (Wildman–Crippen MR) is 82.0 cm³/mol. The maximum atomic E-state index is 11.2. The van der Waals surface area contributed by atoms with Crippen LogP contribution in [0, 0.1) is 5.92 Å². The van der Waals surface area contributed by atoms with Crippen LogP contribution in [0.5, 0.6) is 0 Å². The van der Waals surface area contributed by atoms with E-state index < -0.39 is 5.97 Å². The van der Waals surface area contributed by atoms with Gasteiger partial charge in [-0.2, -0.15) is 0 Å². The summed E-state index contributed by atoms with van der Waals surface area (Å²) in [5.74, 6) is -0.0504. The number of carbonyl (C=O) groups is 1. The maximum Gasteiger partial charge on any atom is 0.336 e. The molecule has 5 heteroatoms. The fourth-order valence-corrected chi connectivity index (χ4v) is 2.77. The Labute approximate surface area is 128 Å². The van der Waals surface area contributed by atoms with Crippen LogP contribution in [0.15, 0.2) is 22.7 Å². The van der Waals surface area contributed by atoms with Crippen molar-refractivity contribution in [1.82, 2.24) is 4.90 Å². The first-order chi connectivity index (χ1) is 8.56. The molecule has 1 aromatic rings. The summed E-state index contributed by atoms with van der Waals surface area (Å²) in [7, 11) is 0. The number of nitrogens with zero attached hydrogens (tertiary/aromatic N) is 1. The fraction of sp³-hybridized carbons (Fsp3) is 0.500. The summed E-state index contributed by atoms with van der Waals surface area (Å²) in [4.78, 5) is 13.5. The van der Waals surface area contributed by atoms with Crippen LogP contribution in [0.1, 0.15) is 35.7 Å². The monoisotopic (exact) mass is 347 g/mol. The summed E-state index contributed by atoms with van der Waals surface area (Å²) in [5, 5.41) is 9.19. The van der Waals surface area contributed by atoms with E-state index in [0.29, 0.717) is 5.56 Å². The molecule has 1 heterocycles. The molecule has 0 saturated carbocycles. The number of hydrogen-bond donors (Lipinski definition) is 1. The second kappa shape index (κ2) is 7.27. The highest BCUT2D eigenvalue weighted by Crippen LogP contribution is 2.22. The topological polar surface area (TPSA) is 40.5 Å². The molecule has 1 aliphatic rings. The van der Waals surface area contributed by atoms with Crippen molar-refractivity contribution in [2.45, 2.75) is 26.3 Å². The number of likely N-dealkylation sites (tertiary alicyclic amines) is 1. The second-order valence-corrected chi connectivity index (χ2v) is 5.98. The smallest absolute Gasteiger partial charge is 0.336 e. The van der Waals surface area contributed by atoms with E-state index in [1.165, 1.54) is 12.8 Å². The highest BCUT2D eigenvalue weighted by atomic mass is 79.9. The van der Waals surface area contributed by atoms with Gasteiger partial charge in [0.1, 0.15) is 0 Å². The summed E-state index contributed by atoms with van der Waals surface area (Å²) in [6.45, 7) is 5.13. The van der Waals surface area contributed by atoms with Gasteiger partial charge in [0.05, 0.1) is 5.56 Å². The highest BCUT2D eigenvalue weighted by Gasteiger charge is 2.18. The van der Waals surface area contributed by atoms with Gasteiger partial charge in [0.25, 0.3) is 0 Å². The van der Waals surface area contributed by atoms with E-state index in [0.717, 1.165) is 35.6 Å². The van der Waals surface area contributed by atoms with Crippen molar-refractivity contribution in [3.05, 3.63) is 33.8 Å². The lowest BCUT2D eigenvalue weighted by molar-refractivity contribution is 0.0693. The van der Waals surface area contributed by atoms with Crippen LogP contribution >= 0.6 is 28.3 Å². The van der Waals surface area contributed by atoms with Crippen LogP contribution < -0.4 is 0 Å². The standard InChI is InChI=1S/C14H18BrNO2.ClH/c1-10-4-6-16(7-5-10)9-11-8-12(15)2-3-13(11)14(17)18;/h2-3,8,10H,4-7,9H2,1H3,(H,17,18);1H. The van der Waals surface area contributed by atoms with Crippen LogP contribution in [0.3, 0.4) is 0 Å². The largest absolute Gasteiger partial charge is 0.478 e. The van der Waals surface area contributed by atoms with Crippen molar-refractivity contribution in [1.29, 1.82) is 0 Å². The second-order valence-electron chi connectivity index (χ2n) is 5.07. The lowest BCUT2D eigenvalue weighted by Crippen LogP contribution is -2.32. The molecule has 0 spiro atoms. The normalized spacial score (nSPS) is 16.9. The van der Waals surface area contributed by atoms with Crippen molar-refractivity contribution in [3.63, 3.8) is 0 Å². The van der Waals surface area contributed by atoms with E-state index in [1.54, 1.807) is 12.1 Å². The zero-order valence-electron chi connectivity index (χ0n) is 10.9. The van der Waals surface area contributed by atoms with Gasteiger partial charge >= 0.3 is 5.97 Å². The molecule has 2 rings (SSSR count). The summed E-state index contributed by atoms with van der Waals surface area (Å²) in [6, 6.07) is 5.38. The minimum Gasteiger partial charge on any atom is -0.478 e. The highest BCUT2D eigenvalue weighted by molar-refractivity contribution is 9.10. The number of piperidine rings is 1. The van der Waals surface area contributed by atoms with Crippen LogP contribution in [-0.2, 0) is 6.54 Å². The molecule has 19 heavy (non-hydrogen) atoms. The number of aromatic carboxylic acids is 1. The molecule has 0 aliphatic carbocycles. The van der Waals surface area contributed by atoms with E-state index in [2.05, 4.69) is 27.8 Å². The molecule has 0 amide bonds. The van der Waals surface area contributed by atoms with Gasteiger partial charge in [-0.1, -0.05) is 22.9 Å². The third-order valence-electron chi connectivity index (χ3n) is 3.57. The Bertz CT molecular complexity index is 445. The molecule has 1 N–H and O–H groups in total. The average molecular weight is 349 g/mol. The molecule has 1 saturated heterocycles. The van der Waals surface area contributed by atoms with Gasteiger partial charge in [-0.15, -0.1) is 12.4 Å². The molecule has 0 bridgehead atoms. The number of halogens is 2. The number of rotatable bonds is 3. The van der Waals surface area contributed by atoms with Crippen molar-refractivity contribution in [2.75, 3.05) is 13.1 Å². The molecule has 0 aromatic heterocycles. The minimum absolute atomic E-state index is 0. The van der Waals surface area contributed by atoms with E-state index >= 15 is 0 Å². The molecular weight excluding hydrogens is 330 g/mol. The van der Waals surface area contributed by atoms with Gasteiger partial charge in [0, 0.05) is 11.0 Å². The van der Waals surface area contributed by atoms with Gasteiger partial charge in [0.15, 0.2) is 0 Å². The molecule has 3 nitrogen and oxygen atoms in total. The van der Waals surface area contributed by atoms with Crippen LogP contribution in [-0.4, -0.2) is 29.1 Å². The number of hydrogen-bond acceptors (Lipinski definition) is 2. The lowest BCUT2D eigenvalue weighted by Gasteiger charge is -2.30. The van der Waals surface area contributed by atoms with Gasteiger partial charge in [-0.25, -0.2) is 4.79 Å². The van der Waals surface area contributed by atoms with Crippen molar-refractivity contribution in [2.24, 2.45) is 5.92 Å². The molecule has 1 fully saturated rings. The van der Waals surface area contributed by atoms with Crippen molar-refractivity contribution in [3.8, 4) is 0 Å². The van der Waals surface area contributed by atoms with Crippen molar-refractivity contribution < 1.29 is 9.90 Å². The van der Waals surface area contributed by atoms with E-state index in [9.17, 15) is 9.90 Å². The Morgan fingerprint density at radius 1 is 1.42 bits per heavy atom. The van der Waals surface area contributed by atoms with Gasteiger partial charge < -0.3 is 5.11 Å². The molecule has 0 radical (unpaired) electrons. The average Bonchev–Trinajstić information content (AvgIpc) is 2.32. The van der Waals surface area contributed by atoms with Crippen molar-refractivity contribution >= 4 is 34.3 Å². The summed E-state index contributed by atoms with van der Waals surface area (Å²) >= 11 is 3.41. The molecule has 1 aliphatic heterocycles. The maximum absolute atomic E-state index is 11.2. The van der Waals surface area contributed by atoms with Gasteiger partial charge in [0.2, 0.25) is 0 Å². The Morgan fingerprint density at radius 2 is 2.05 bits per heavy atom. The summed E-state index contributed by atoms with van der Waals surface area (Å²) < 4.78 is 0.938. The first-order valence-corrected chi connectivity index (χ1v) is 7.09. The first-order valence-electron chi connectivity index (χ1n) is 6.30. The molecule has 1 aromatic carbocycles. The number of carboxylic acids is 1. The Morgan fingerprint density at radius 3 is 2.63 bits per heavy atom. The van der Waals surface area contributed by atoms with Gasteiger partial charge in [-0.05, 0) is 55.6 Å². The van der Waals surface area contributed by atoms with Crippen LogP contribution in [0.2, 0.25) is 0 Å². The van der Waals surface area contributed by atoms with E-state index in [-0.39, 0.29) is 12.4 Å². The zero-order chi connectivity index (χ0) is 13.1. The number of benzene rings is 1. The molecule has 106 valence electrons. The number of carboxylic acid groups (broad SMARTS) is 1. The SMILES string of the molecule is CC1CCN(Cc2cc(Br)ccc2C(=O)O)CC1.Cl. The minimum atomic E-state index is -0.845. The molecular formula is C14H19BrClNO2. The van der Waals surface area contributed by atoms with Crippen LogP contribution in [0.4, 0.5) is 0 Å². The van der Waals surface area contributed by atoms with E-state index in [4.69, 9.17) is 0 Å².